The lowest BCUT2D eigenvalue weighted by Gasteiger charge is -2.08. The van der Waals surface area contributed by atoms with Crippen molar-refractivity contribution in [2.75, 3.05) is 12.3 Å². The summed E-state index contributed by atoms with van der Waals surface area (Å²) in [5.74, 6) is -0.760. The molecule has 0 fully saturated rings. The van der Waals surface area contributed by atoms with Gasteiger partial charge in [-0.15, -0.1) is 12.4 Å². The fraction of sp³-hybridized carbons (Fsp3) is 0.545. The molecule has 0 unspecified atom stereocenters. The third kappa shape index (κ3) is 6.03. The third-order valence-corrected chi connectivity index (χ3v) is 7.01. The van der Waals surface area contributed by atoms with Gasteiger partial charge in [-0.3, -0.25) is 14.4 Å². The lowest BCUT2D eigenvalue weighted by atomic mass is 10.3. The summed E-state index contributed by atoms with van der Waals surface area (Å²) in [6.07, 6.45) is 1.39. The fourth-order valence-electron chi connectivity index (χ4n) is 1.90. The number of carboxylic acid groups (broad SMARTS) is 3. The minimum absolute atomic E-state index is 0. The zero-order valence-electron chi connectivity index (χ0n) is 10.2. The highest BCUT2D eigenvalue weighted by Gasteiger charge is 2.53. The molecule has 1 aliphatic heterocycles. The number of hydrogen-bond donors (Lipinski definition) is 3. The molecule has 0 aliphatic carbocycles. The summed E-state index contributed by atoms with van der Waals surface area (Å²) in [6.45, 7) is 0. The molecule has 0 aromatic rings. The van der Waals surface area contributed by atoms with Crippen molar-refractivity contribution in [2.24, 2.45) is 0 Å². The van der Waals surface area contributed by atoms with Gasteiger partial charge in [-0.1, -0.05) is 0 Å². The minimum atomic E-state index is -1.70. The SMILES string of the molecule is Cl.O=C(O)CCC1=C[P+]1(CCC(=O)O)CCC(=O)O. The first-order valence-corrected chi connectivity index (χ1v) is 7.83. The van der Waals surface area contributed by atoms with Crippen LogP contribution in [0.3, 0.4) is 0 Å². The average molecular weight is 312 g/mol. The van der Waals surface area contributed by atoms with Gasteiger partial charge in [0, 0.05) is 6.42 Å². The zero-order valence-corrected chi connectivity index (χ0v) is 12.0. The van der Waals surface area contributed by atoms with E-state index in [4.69, 9.17) is 15.3 Å². The Kier molecular flexibility index (Phi) is 7.01. The average Bonchev–Trinajstić information content (AvgIpc) is 2.95. The summed E-state index contributed by atoms with van der Waals surface area (Å²) in [4.78, 5) is 31.6. The van der Waals surface area contributed by atoms with E-state index in [9.17, 15) is 14.4 Å². The fourth-order valence-corrected chi connectivity index (χ4v) is 5.82. The Labute approximate surface area is 117 Å². The van der Waals surface area contributed by atoms with Crippen LogP contribution in [0.1, 0.15) is 25.7 Å². The molecule has 0 spiro atoms. The van der Waals surface area contributed by atoms with Gasteiger partial charge in [0.1, 0.15) is 11.1 Å². The highest BCUT2D eigenvalue weighted by molar-refractivity contribution is 7.89. The molecule has 0 atom stereocenters. The maximum Gasteiger partial charge on any atom is 0.307 e. The van der Waals surface area contributed by atoms with E-state index in [1.807, 2.05) is 5.82 Å². The predicted molar refractivity (Wildman–Crippen MR) is 73.4 cm³/mol. The Bertz CT molecular complexity index is 388. The van der Waals surface area contributed by atoms with Crippen LogP contribution in [-0.4, -0.2) is 45.6 Å². The molecule has 19 heavy (non-hydrogen) atoms. The lowest BCUT2D eigenvalue weighted by Crippen LogP contribution is -2.05. The molecule has 8 heteroatoms. The van der Waals surface area contributed by atoms with Crippen LogP contribution in [0.2, 0.25) is 0 Å². The van der Waals surface area contributed by atoms with Crippen LogP contribution in [0.25, 0.3) is 0 Å². The number of halogens is 1. The Morgan fingerprint density at radius 3 is 1.68 bits per heavy atom. The Morgan fingerprint density at radius 1 is 0.895 bits per heavy atom. The molecule has 1 heterocycles. The van der Waals surface area contributed by atoms with Crippen LogP contribution in [-0.2, 0) is 14.4 Å². The molecular formula is C11H17ClO6P+. The highest BCUT2D eigenvalue weighted by atomic mass is 35.5. The first-order valence-electron chi connectivity index (χ1n) is 5.60. The van der Waals surface area contributed by atoms with E-state index >= 15 is 0 Å². The van der Waals surface area contributed by atoms with Gasteiger partial charge in [-0.05, 0) is 0 Å². The molecule has 1 aliphatic rings. The quantitative estimate of drug-likeness (QED) is 0.562. The second-order valence-electron chi connectivity index (χ2n) is 4.28. The zero-order chi connectivity index (χ0) is 13.8. The van der Waals surface area contributed by atoms with Crippen molar-refractivity contribution in [2.45, 2.75) is 25.7 Å². The number of aliphatic carboxylic acids is 3. The second-order valence-corrected chi connectivity index (χ2v) is 8.08. The van der Waals surface area contributed by atoms with Gasteiger partial charge in [-0.25, -0.2) is 0 Å². The molecule has 0 saturated carbocycles. The topological polar surface area (TPSA) is 112 Å². The standard InChI is InChI=1S/C11H15O6P.ClH/c12-9(13)2-1-8-7-18(8,5-3-10(14)15)6-4-11(16)17;/h7H,1-6H2,(H2-,12,13,14,15,16,17);1H/p+1. The van der Waals surface area contributed by atoms with Gasteiger partial charge in [-0.2, -0.15) is 0 Å². The largest absolute Gasteiger partial charge is 0.481 e. The molecule has 0 aromatic carbocycles. The smallest absolute Gasteiger partial charge is 0.307 e. The summed E-state index contributed by atoms with van der Waals surface area (Å²) in [7, 11) is -1.70. The van der Waals surface area contributed by atoms with Crippen LogP contribution < -0.4 is 0 Å². The highest BCUT2D eigenvalue weighted by Crippen LogP contribution is 2.81. The number of allylic oxidation sites excluding steroid dienone is 1. The van der Waals surface area contributed by atoms with E-state index < -0.39 is 25.2 Å². The summed E-state index contributed by atoms with van der Waals surface area (Å²) in [6, 6.07) is 0. The van der Waals surface area contributed by atoms with Crippen molar-refractivity contribution < 1.29 is 29.7 Å². The molecule has 6 nitrogen and oxygen atoms in total. The maximum atomic E-state index is 10.6. The first kappa shape index (κ1) is 17.9. The van der Waals surface area contributed by atoms with Gasteiger partial charge in [0.15, 0.2) is 0 Å². The van der Waals surface area contributed by atoms with E-state index in [1.165, 1.54) is 0 Å². The van der Waals surface area contributed by atoms with Crippen molar-refractivity contribution in [3.8, 4) is 0 Å². The van der Waals surface area contributed by atoms with Crippen LogP contribution >= 0.6 is 19.7 Å². The van der Waals surface area contributed by atoms with Gasteiger partial charge < -0.3 is 15.3 Å². The molecule has 0 saturated heterocycles. The molecule has 0 bridgehead atoms. The molecule has 0 amide bonds. The lowest BCUT2D eigenvalue weighted by molar-refractivity contribution is -0.137. The van der Waals surface area contributed by atoms with Gasteiger partial charge in [0.05, 0.1) is 38.8 Å². The van der Waals surface area contributed by atoms with E-state index in [1.54, 1.807) is 0 Å². The van der Waals surface area contributed by atoms with Crippen molar-refractivity contribution in [1.29, 1.82) is 0 Å². The summed E-state index contributed by atoms with van der Waals surface area (Å²) < 4.78 is 0. The molecule has 0 radical (unpaired) electrons. The molecule has 1 rings (SSSR count). The second kappa shape index (κ2) is 7.46. The predicted octanol–water partition coefficient (Wildman–Crippen LogP) is 2.09. The van der Waals surface area contributed by atoms with Crippen LogP contribution in [0, 0.1) is 0 Å². The van der Waals surface area contributed by atoms with Crippen molar-refractivity contribution in [3.63, 3.8) is 0 Å². The van der Waals surface area contributed by atoms with Crippen molar-refractivity contribution in [3.05, 3.63) is 11.1 Å². The Hall–Kier alpha value is -1.13. The number of carbonyl (C=O) groups is 3. The third-order valence-electron chi connectivity index (χ3n) is 2.94. The van der Waals surface area contributed by atoms with Gasteiger partial charge in [0.2, 0.25) is 0 Å². The van der Waals surface area contributed by atoms with E-state index in [0.717, 1.165) is 5.31 Å². The molecule has 108 valence electrons. The monoisotopic (exact) mass is 311 g/mol. The van der Waals surface area contributed by atoms with Crippen molar-refractivity contribution in [1.82, 2.24) is 0 Å². The van der Waals surface area contributed by atoms with E-state index in [2.05, 4.69) is 0 Å². The van der Waals surface area contributed by atoms with E-state index in [0.29, 0.717) is 18.7 Å². The summed E-state index contributed by atoms with van der Waals surface area (Å²) >= 11 is 0. The Balaban J connectivity index is 0.00000324. The van der Waals surface area contributed by atoms with Crippen LogP contribution in [0.4, 0.5) is 0 Å². The number of carboxylic acids is 3. The van der Waals surface area contributed by atoms with Gasteiger partial charge in [0.25, 0.3) is 0 Å². The molecule has 3 N–H and O–H groups in total. The van der Waals surface area contributed by atoms with Crippen molar-refractivity contribution >= 4 is 37.6 Å². The normalized spacial score (nSPS) is 15.1. The Morgan fingerprint density at radius 2 is 1.32 bits per heavy atom. The number of hydrogen-bond acceptors (Lipinski definition) is 3. The van der Waals surface area contributed by atoms with Gasteiger partial charge >= 0.3 is 17.9 Å². The number of rotatable bonds is 9. The van der Waals surface area contributed by atoms with E-state index in [-0.39, 0.29) is 31.7 Å². The van der Waals surface area contributed by atoms with Crippen LogP contribution in [0.15, 0.2) is 11.1 Å². The molecular weight excluding hydrogens is 295 g/mol. The summed E-state index contributed by atoms with van der Waals surface area (Å²) in [5.41, 5.74) is 0. The minimum Gasteiger partial charge on any atom is -0.481 e. The maximum absolute atomic E-state index is 10.6. The first-order chi connectivity index (χ1) is 8.35. The van der Waals surface area contributed by atoms with Crippen LogP contribution in [0.5, 0.6) is 0 Å². The molecule has 0 aromatic heterocycles. The summed E-state index contributed by atoms with van der Waals surface area (Å²) in [5, 5.41) is 26.9.